The Morgan fingerprint density at radius 3 is 2.69 bits per heavy atom. The second-order valence-corrected chi connectivity index (χ2v) is 4.11. The summed E-state index contributed by atoms with van der Waals surface area (Å²) in [6.07, 6.45) is 12.9. The number of carbonyl (C=O) groups excluding carboxylic acids is 1. The molecule has 0 aromatic rings. The highest BCUT2D eigenvalue weighted by Crippen LogP contribution is 2.05. The van der Waals surface area contributed by atoms with E-state index in [9.17, 15) is 4.79 Å². The molecule has 1 N–H and O–H groups in total. The molecule has 1 aliphatic carbocycles. The van der Waals surface area contributed by atoms with E-state index in [-0.39, 0.29) is 5.91 Å². The Labute approximate surface area is 98.1 Å². The van der Waals surface area contributed by atoms with Crippen molar-refractivity contribution >= 4 is 5.91 Å². The zero-order valence-corrected chi connectivity index (χ0v) is 10.1. The Hall–Kier alpha value is -1.27. The molecule has 16 heavy (non-hydrogen) atoms. The van der Waals surface area contributed by atoms with Crippen molar-refractivity contribution in [3.8, 4) is 0 Å². The minimum absolute atomic E-state index is 0.00134. The van der Waals surface area contributed by atoms with Crippen molar-refractivity contribution in [1.29, 1.82) is 0 Å². The van der Waals surface area contributed by atoms with Gasteiger partial charge in [0.25, 0.3) is 5.91 Å². The molecule has 88 valence electrons. The zero-order chi connectivity index (χ0) is 11.6. The average Bonchev–Trinajstić information content (AvgIpc) is 2.81. The number of carbonyl (C=O) groups is 1. The number of hydrogen-bond acceptors (Lipinski definition) is 1. The predicted molar refractivity (Wildman–Crippen MR) is 67.1 cm³/mol. The number of hydrogen-bond donors (Lipinski definition) is 1. The van der Waals surface area contributed by atoms with Crippen LogP contribution in [0.15, 0.2) is 29.5 Å². The van der Waals surface area contributed by atoms with Crippen LogP contribution >= 0.6 is 0 Å². The van der Waals surface area contributed by atoms with Gasteiger partial charge in [-0.3, -0.25) is 4.79 Å². The van der Waals surface area contributed by atoms with Gasteiger partial charge >= 0.3 is 0 Å². The second-order valence-electron chi connectivity index (χ2n) is 4.11. The minimum atomic E-state index is -0.00134. The lowest BCUT2D eigenvalue weighted by Gasteiger charge is -2.03. The third kappa shape index (κ3) is 4.99. The molecular formula is C14H21NO. The van der Waals surface area contributed by atoms with Crippen LogP contribution < -0.4 is 5.32 Å². The number of rotatable bonds is 8. The normalized spacial score (nSPS) is 12.9. The lowest BCUT2D eigenvalue weighted by atomic mass is 10.1. The highest BCUT2D eigenvalue weighted by atomic mass is 16.1. The number of allylic oxidation sites excluding steroid dienone is 1. The van der Waals surface area contributed by atoms with E-state index in [2.05, 4.69) is 18.0 Å². The summed E-state index contributed by atoms with van der Waals surface area (Å²) >= 11 is 0. The first kappa shape index (κ1) is 12.8. The summed E-state index contributed by atoms with van der Waals surface area (Å²) in [6.45, 7) is 3.00. The van der Waals surface area contributed by atoms with Gasteiger partial charge < -0.3 is 5.32 Å². The van der Waals surface area contributed by atoms with Crippen molar-refractivity contribution in [2.24, 2.45) is 0 Å². The maximum Gasteiger partial charge on any atom is 0.259 e. The van der Waals surface area contributed by atoms with Crippen LogP contribution in [-0.4, -0.2) is 12.5 Å². The van der Waals surface area contributed by atoms with Gasteiger partial charge in [0, 0.05) is 6.54 Å². The fourth-order valence-corrected chi connectivity index (χ4v) is 1.67. The molecule has 0 saturated carbocycles. The van der Waals surface area contributed by atoms with Crippen LogP contribution in [0.3, 0.4) is 0 Å². The molecule has 1 aliphatic rings. The monoisotopic (exact) mass is 219 g/mol. The first-order valence-electron chi connectivity index (χ1n) is 6.26. The summed E-state index contributed by atoms with van der Waals surface area (Å²) in [5.74, 6) is -0.00134. The van der Waals surface area contributed by atoms with Gasteiger partial charge in [-0.1, -0.05) is 45.1 Å². The number of nitrogens with one attached hydrogen (secondary N) is 1. The van der Waals surface area contributed by atoms with E-state index in [0.717, 1.165) is 13.0 Å². The van der Waals surface area contributed by atoms with Crippen molar-refractivity contribution in [3.05, 3.63) is 29.5 Å². The smallest absolute Gasteiger partial charge is 0.259 e. The lowest BCUT2D eigenvalue weighted by Crippen LogP contribution is -2.24. The average molecular weight is 219 g/mol. The molecule has 0 heterocycles. The van der Waals surface area contributed by atoms with Crippen LogP contribution in [0.25, 0.3) is 0 Å². The highest BCUT2D eigenvalue weighted by molar-refractivity contribution is 5.96. The van der Waals surface area contributed by atoms with E-state index >= 15 is 0 Å². The molecule has 0 bridgehead atoms. The summed E-state index contributed by atoms with van der Waals surface area (Å²) in [5, 5.41) is 2.91. The standard InChI is InChI=1S/C14H21NO/c1-2-3-4-5-6-9-12-15-14(16)13-10-7-8-11-13/h7-8,10H,2-6,9,12H2,1H3,(H,15,16). The van der Waals surface area contributed by atoms with Crippen LogP contribution in [-0.2, 0) is 4.79 Å². The minimum Gasteiger partial charge on any atom is -0.352 e. The zero-order valence-electron chi connectivity index (χ0n) is 10.1. The van der Waals surface area contributed by atoms with E-state index in [1.807, 2.05) is 6.08 Å². The number of amides is 1. The number of unbranched alkanes of at least 4 members (excludes halogenated alkanes) is 5. The van der Waals surface area contributed by atoms with E-state index in [1.165, 1.54) is 32.1 Å². The summed E-state index contributed by atoms with van der Waals surface area (Å²) in [4.78, 5) is 11.5. The Balaban J connectivity index is 1.97. The Bertz CT molecular complexity index is 309. The predicted octanol–water partition coefficient (Wildman–Crippen LogP) is 3.11. The molecule has 0 spiro atoms. The molecule has 0 aromatic carbocycles. The SMILES string of the molecule is CCCCCCCCNC(=O)C1=C=CC=C1. The molecule has 2 nitrogen and oxygen atoms in total. The van der Waals surface area contributed by atoms with Gasteiger partial charge in [0.1, 0.15) is 0 Å². The quantitative estimate of drug-likeness (QED) is 0.493. The fraction of sp³-hybridized carbons (Fsp3) is 0.571. The van der Waals surface area contributed by atoms with Crippen LogP contribution in [0.4, 0.5) is 0 Å². The van der Waals surface area contributed by atoms with Crippen molar-refractivity contribution in [3.63, 3.8) is 0 Å². The molecule has 1 amide bonds. The van der Waals surface area contributed by atoms with Gasteiger partial charge in [-0.25, -0.2) is 0 Å². The van der Waals surface area contributed by atoms with Crippen molar-refractivity contribution in [1.82, 2.24) is 5.32 Å². The summed E-state index contributed by atoms with van der Waals surface area (Å²) in [6, 6.07) is 0. The largest absolute Gasteiger partial charge is 0.352 e. The van der Waals surface area contributed by atoms with Crippen LogP contribution in [0.2, 0.25) is 0 Å². The van der Waals surface area contributed by atoms with Crippen LogP contribution in [0.5, 0.6) is 0 Å². The summed E-state index contributed by atoms with van der Waals surface area (Å²) in [5.41, 5.74) is 3.54. The molecule has 1 rings (SSSR count). The van der Waals surface area contributed by atoms with Gasteiger partial charge in [0.2, 0.25) is 0 Å². The molecule has 0 unspecified atom stereocenters. The van der Waals surface area contributed by atoms with E-state index in [0.29, 0.717) is 5.57 Å². The van der Waals surface area contributed by atoms with E-state index in [4.69, 9.17) is 0 Å². The van der Waals surface area contributed by atoms with Gasteiger partial charge in [-0.05, 0) is 18.6 Å². The van der Waals surface area contributed by atoms with Gasteiger partial charge in [0.05, 0.1) is 5.57 Å². The van der Waals surface area contributed by atoms with E-state index in [1.54, 1.807) is 12.2 Å². The maximum absolute atomic E-state index is 11.5. The van der Waals surface area contributed by atoms with Gasteiger partial charge in [-0.15, -0.1) is 5.73 Å². The van der Waals surface area contributed by atoms with Crippen molar-refractivity contribution < 1.29 is 4.79 Å². The second kappa shape index (κ2) is 7.95. The van der Waals surface area contributed by atoms with Gasteiger partial charge in [0.15, 0.2) is 0 Å². The molecule has 0 fully saturated rings. The fourth-order valence-electron chi connectivity index (χ4n) is 1.67. The summed E-state index contributed by atoms with van der Waals surface area (Å²) in [7, 11) is 0. The Morgan fingerprint density at radius 1 is 1.25 bits per heavy atom. The topological polar surface area (TPSA) is 29.1 Å². The molecule has 2 heteroatoms. The molecule has 0 radical (unpaired) electrons. The molecular weight excluding hydrogens is 198 g/mol. The first-order chi connectivity index (χ1) is 7.84. The lowest BCUT2D eigenvalue weighted by molar-refractivity contribution is -0.117. The molecule has 0 atom stereocenters. The van der Waals surface area contributed by atoms with Gasteiger partial charge in [-0.2, -0.15) is 0 Å². The first-order valence-corrected chi connectivity index (χ1v) is 6.26. The molecule has 0 aromatic heterocycles. The third-order valence-corrected chi connectivity index (χ3v) is 2.66. The maximum atomic E-state index is 11.5. The Kier molecular flexibility index (Phi) is 6.36. The van der Waals surface area contributed by atoms with Crippen LogP contribution in [0.1, 0.15) is 45.4 Å². The van der Waals surface area contributed by atoms with Crippen molar-refractivity contribution in [2.45, 2.75) is 45.4 Å². The molecule has 0 saturated heterocycles. The molecule has 0 aliphatic heterocycles. The third-order valence-electron chi connectivity index (χ3n) is 2.66. The van der Waals surface area contributed by atoms with Crippen molar-refractivity contribution in [2.75, 3.05) is 6.54 Å². The highest BCUT2D eigenvalue weighted by Gasteiger charge is 2.05. The summed E-state index contributed by atoms with van der Waals surface area (Å²) < 4.78 is 0. The van der Waals surface area contributed by atoms with E-state index < -0.39 is 0 Å². The Morgan fingerprint density at radius 2 is 2.00 bits per heavy atom. The van der Waals surface area contributed by atoms with Crippen LogP contribution in [0, 0.1) is 0 Å².